The first-order chi connectivity index (χ1) is 12.2. The Balaban J connectivity index is 2.28. The molecule has 0 aliphatic carbocycles. The van der Waals surface area contributed by atoms with Crippen LogP contribution in [0.15, 0.2) is 30.3 Å². The van der Waals surface area contributed by atoms with E-state index < -0.39 is 0 Å². The Bertz CT molecular complexity index is 486. The molecule has 1 atom stereocenters. The van der Waals surface area contributed by atoms with Gasteiger partial charge in [0.2, 0.25) is 0 Å². The molecule has 0 aliphatic heterocycles. The molecule has 1 rings (SSSR count). The number of methoxy groups -OCH3 is 1. The van der Waals surface area contributed by atoms with Gasteiger partial charge in [-0.15, -0.1) is 0 Å². The van der Waals surface area contributed by atoms with E-state index in [0.717, 1.165) is 25.7 Å². The van der Waals surface area contributed by atoms with Gasteiger partial charge in [-0.05, 0) is 30.7 Å². The third-order valence-electron chi connectivity index (χ3n) is 3.96. The van der Waals surface area contributed by atoms with Crippen LogP contribution in [0.2, 0.25) is 0 Å². The molecule has 0 aromatic heterocycles. The number of ether oxygens (including phenoxy) is 3. The number of unbranched alkanes of at least 4 members (excludes halogenated alkanes) is 1. The summed E-state index contributed by atoms with van der Waals surface area (Å²) >= 11 is 0. The van der Waals surface area contributed by atoms with Crippen LogP contribution in [0.1, 0.15) is 56.9 Å². The number of hydrogen-bond donors (Lipinski definition) is 0. The molecule has 0 saturated carbocycles. The predicted molar refractivity (Wildman–Crippen MR) is 96.4 cm³/mol. The fourth-order valence-electron chi connectivity index (χ4n) is 2.46. The maximum absolute atomic E-state index is 11.8. The molecular weight excluding hydrogens is 320 g/mol. The number of carbonyl (C=O) groups excluding carboxylic acids is 2. The highest BCUT2D eigenvalue weighted by Gasteiger charge is 2.13. The maximum Gasteiger partial charge on any atom is 0.306 e. The van der Waals surface area contributed by atoms with Crippen molar-refractivity contribution in [3.8, 4) is 0 Å². The van der Waals surface area contributed by atoms with Crippen LogP contribution in [0.5, 0.6) is 0 Å². The molecule has 0 saturated heterocycles. The van der Waals surface area contributed by atoms with Crippen molar-refractivity contribution in [3.63, 3.8) is 0 Å². The van der Waals surface area contributed by atoms with Gasteiger partial charge in [-0.3, -0.25) is 9.59 Å². The first-order valence-corrected chi connectivity index (χ1v) is 9.02. The Hall–Kier alpha value is -1.88. The van der Waals surface area contributed by atoms with Gasteiger partial charge in [0.1, 0.15) is 0 Å². The number of hydrogen-bond acceptors (Lipinski definition) is 5. The molecule has 1 aromatic rings. The molecule has 0 heterocycles. The number of carbonyl (C=O) groups is 2. The normalized spacial score (nSPS) is 11.8. The zero-order valence-corrected chi connectivity index (χ0v) is 15.4. The monoisotopic (exact) mass is 350 g/mol. The van der Waals surface area contributed by atoms with Crippen LogP contribution in [0.3, 0.4) is 0 Å². The predicted octanol–water partition coefficient (Wildman–Crippen LogP) is 3.86. The molecule has 0 radical (unpaired) electrons. The van der Waals surface area contributed by atoms with E-state index in [0.29, 0.717) is 19.8 Å². The van der Waals surface area contributed by atoms with Gasteiger partial charge >= 0.3 is 11.9 Å². The number of rotatable bonds is 13. The number of benzene rings is 1. The first kappa shape index (κ1) is 21.2. The standard InChI is InChI=1S/C20H30O5/c1-3-4-14-24-19(21)10-11-20(22)25-16-13-18(12-15-23-2)17-8-6-5-7-9-17/h5-9,18H,3-4,10-16H2,1-2H3. The Morgan fingerprint density at radius 2 is 1.52 bits per heavy atom. The molecule has 0 aliphatic rings. The van der Waals surface area contributed by atoms with Crippen LogP contribution >= 0.6 is 0 Å². The van der Waals surface area contributed by atoms with Gasteiger partial charge < -0.3 is 14.2 Å². The van der Waals surface area contributed by atoms with Gasteiger partial charge in [-0.25, -0.2) is 0 Å². The number of esters is 2. The molecule has 0 N–H and O–H groups in total. The van der Waals surface area contributed by atoms with E-state index >= 15 is 0 Å². The van der Waals surface area contributed by atoms with E-state index in [2.05, 4.69) is 12.1 Å². The van der Waals surface area contributed by atoms with E-state index in [-0.39, 0.29) is 30.7 Å². The van der Waals surface area contributed by atoms with Gasteiger partial charge in [0.15, 0.2) is 0 Å². The van der Waals surface area contributed by atoms with Crippen LogP contribution in [0.4, 0.5) is 0 Å². The summed E-state index contributed by atoms with van der Waals surface area (Å²) in [7, 11) is 1.68. The van der Waals surface area contributed by atoms with Gasteiger partial charge in [0.05, 0.1) is 26.1 Å². The second kappa shape index (κ2) is 13.4. The van der Waals surface area contributed by atoms with Crippen molar-refractivity contribution in [2.24, 2.45) is 0 Å². The summed E-state index contributed by atoms with van der Waals surface area (Å²) in [5.74, 6) is -0.411. The Kier molecular flexibility index (Phi) is 11.4. The smallest absolute Gasteiger partial charge is 0.306 e. The Labute approximate surface area is 150 Å². The van der Waals surface area contributed by atoms with Crippen LogP contribution in [0, 0.1) is 0 Å². The SMILES string of the molecule is CCCCOC(=O)CCC(=O)OCCC(CCOC)c1ccccc1. The quantitative estimate of drug-likeness (QED) is 0.399. The molecule has 25 heavy (non-hydrogen) atoms. The fourth-order valence-corrected chi connectivity index (χ4v) is 2.46. The third kappa shape index (κ3) is 9.87. The fraction of sp³-hybridized carbons (Fsp3) is 0.600. The van der Waals surface area contributed by atoms with E-state index in [1.807, 2.05) is 25.1 Å². The van der Waals surface area contributed by atoms with Crippen LogP contribution in [-0.2, 0) is 23.8 Å². The van der Waals surface area contributed by atoms with E-state index in [1.165, 1.54) is 5.56 Å². The summed E-state index contributed by atoms with van der Waals surface area (Å²) < 4.78 is 15.4. The van der Waals surface area contributed by atoms with Crippen molar-refractivity contribution < 1.29 is 23.8 Å². The van der Waals surface area contributed by atoms with Crippen molar-refractivity contribution in [3.05, 3.63) is 35.9 Å². The summed E-state index contributed by atoms with van der Waals surface area (Å²) in [6, 6.07) is 10.1. The van der Waals surface area contributed by atoms with Crippen LogP contribution in [0.25, 0.3) is 0 Å². The highest BCUT2D eigenvalue weighted by molar-refractivity contribution is 5.77. The molecule has 0 bridgehead atoms. The summed E-state index contributed by atoms with van der Waals surface area (Å²) in [6.45, 7) is 3.45. The second-order valence-electron chi connectivity index (χ2n) is 5.97. The zero-order valence-electron chi connectivity index (χ0n) is 15.4. The third-order valence-corrected chi connectivity index (χ3v) is 3.96. The molecule has 0 fully saturated rings. The summed E-state index contributed by atoms with van der Waals surface area (Å²) in [4.78, 5) is 23.2. The maximum atomic E-state index is 11.8. The first-order valence-electron chi connectivity index (χ1n) is 9.02. The van der Waals surface area contributed by atoms with E-state index in [9.17, 15) is 9.59 Å². The minimum atomic E-state index is -0.356. The van der Waals surface area contributed by atoms with Crippen molar-refractivity contribution in [2.45, 2.75) is 51.4 Å². The Morgan fingerprint density at radius 1 is 0.920 bits per heavy atom. The lowest BCUT2D eigenvalue weighted by molar-refractivity contribution is -0.150. The van der Waals surface area contributed by atoms with Crippen LogP contribution < -0.4 is 0 Å². The van der Waals surface area contributed by atoms with Crippen LogP contribution in [-0.4, -0.2) is 38.9 Å². The molecule has 0 amide bonds. The molecule has 1 unspecified atom stereocenters. The highest BCUT2D eigenvalue weighted by Crippen LogP contribution is 2.23. The van der Waals surface area contributed by atoms with Gasteiger partial charge in [0.25, 0.3) is 0 Å². The topological polar surface area (TPSA) is 61.8 Å². The lowest BCUT2D eigenvalue weighted by Gasteiger charge is -2.17. The second-order valence-corrected chi connectivity index (χ2v) is 5.97. The average Bonchev–Trinajstić information content (AvgIpc) is 2.63. The average molecular weight is 350 g/mol. The molecule has 5 heteroatoms. The van der Waals surface area contributed by atoms with Crippen molar-refractivity contribution in [2.75, 3.05) is 26.9 Å². The van der Waals surface area contributed by atoms with Gasteiger partial charge in [-0.1, -0.05) is 43.7 Å². The van der Waals surface area contributed by atoms with Crippen molar-refractivity contribution >= 4 is 11.9 Å². The lowest BCUT2D eigenvalue weighted by atomic mass is 9.93. The summed E-state index contributed by atoms with van der Waals surface area (Å²) in [5.41, 5.74) is 1.22. The van der Waals surface area contributed by atoms with Crippen molar-refractivity contribution in [1.82, 2.24) is 0 Å². The minimum Gasteiger partial charge on any atom is -0.466 e. The lowest BCUT2D eigenvalue weighted by Crippen LogP contribution is -2.13. The molecule has 5 nitrogen and oxygen atoms in total. The molecule has 1 aromatic carbocycles. The molecule has 0 spiro atoms. The van der Waals surface area contributed by atoms with E-state index in [4.69, 9.17) is 14.2 Å². The minimum absolute atomic E-state index is 0.0685. The van der Waals surface area contributed by atoms with Gasteiger partial charge in [0, 0.05) is 13.7 Å². The zero-order chi connectivity index (χ0) is 18.3. The molecule has 140 valence electrons. The molecular formula is C20H30O5. The highest BCUT2D eigenvalue weighted by atomic mass is 16.5. The van der Waals surface area contributed by atoms with Crippen molar-refractivity contribution in [1.29, 1.82) is 0 Å². The van der Waals surface area contributed by atoms with Gasteiger partial charge in [-0.2, -0.15) is 0 Å². The largest absolute Gasteiger partial charge is 0.466 e. The van der Waals surface area contributed by atoms with E-state index in [1.54, 1.807) is 7.11 Å². The summed E-state index contributed by atoms with van der Waals surface area (Å²) in [5, 5.41) is 0. The Morgan fingerprint density at radius 3 is 2.12 bits per heavy atom. The summed E-state index contributed by atoms with van der Waals surface area (Å²) in [6.07, 6.45) is 3.58.